The van der Waals surface area contributed by atoms with Crippen molar-refractivity contribution in [2.75, 3.05) is 32.8 Å². The molecule has 1 aliphatic rings. The number of carbonyl (C=O) groups excluding carboxylic acids is 2. The maximum absolute atomic E-state index is 12.7. The van der Waals surface area contributed by atoms with Gasteiger partial charge in [-0.25, -0.2) is 0 Å². The molecule has 25 heavy (non-hydrogen) atoms. The lowest BCUT2D eigenvalue weighted by atomic mass is 10.1. The van der Waals surface area contributed by atoms with E-state index in [-0.39, 0.29) is 31.2 Å². The van der Waals surface area contributed by atoms with Gasteiger partial charge >= 0.3 is 6.18 Å². The highest BCUT2D eigenvalue weighted by Crippen LogP contribution is 2.26. The van der Waals surface area contributed by atoms with E-state index in [1.807, 2.05) is 0 Å². The maximum atomic E-state index is 12.7. The molecule has 0 radical (unpaired) electrons. The van der Waals surface area contributed by atoms with Crippen LogP contribution in [0, 0.1) is 0 Å². The van der Waals surface area contributed by atoms with Crippen molar-refractivity contribution >= 4 is 11.8 Å². The number of rotatable bonds is 5. The predicted octanol–water partition coefficient (Wildman–Crippen LogP) is 1.60. The van der Waals surface area contributed by atoms with Crippen LogP contribution in [0.5, 0.6) is 5.75 Å². The van der Waals surface area contributed by atoms with Crippen LogP contribution in [0.1, 0.15) is 17.3 Å². The lowest BCUT2D eigenvalue weighted by molar-refractivity contribution is -0.233. The molecule has 0 saturated carbocycles. The third-order valence-electron chi connectivity index (χ3n) is 3.56. The first-order valence-corrected chi connectivity index (χ1v) is 7.72. The van der Waals surface area contributed by atoms with Crippen molar-refractivity contribution in [2.24, 2.45) is 0 Å². The van der Waals surface area contributed by atoms with E-state index in [0.29, 0.717) is 12.3 Å². The molecule has 1 aromatic carbocycles. The first-order chi connectivity index (χ1) is 11.8. The fourth-order valence-corrected chi connectivity index (χ4v) is 2.30. The number of nitrogens with zero attached hydrogens (tertiary/aromatic N) is 1. The second kappa shape index (κ2) is 8.19. The first-order valence-electron chi connectivity index (χ1n) is 7.72. The van der Waals surface area contributed by atoms with Crippen LogP contribution in [0.3, 0.4) is 0 Å². The van der Waals surface area contributed by atoms with Gasteiger partial charge in [0.2, 0.25) is 5.91 Å². The van der Waals surface area contributed by atoms with Gasteiger partial charge in [0.25, 0.3) is 5.91 Å². The van der Waals surface area contributed by atoms with Gasteiger partial charge in [-0.1, -0.05) is 0 Å². The lowest BCUT2D eigenvalue weighted by Gasteiger charge is -2.33. The Bertz CT molecular complexity index is 604. The summed E-state index contributed by atoms with van der Waals surface area (Å²) < 4.78 is 48.2. The highest BCUT2D eigenvalue weighted by atomic mass is 19.4. The summed E-state index contributed by atoms with van der Waals surface area (Å²) in [6, 6.07) is 6.10. The van der Waals surface area contributed by atoms with E-state index in [4.69, 9.17) is 4.74 Å². The van der Waals surface area contributed by atoms with E-state index < -0.39 is 24.7 Å². The zero-order chi connectivity index (χ0) is 18.4. The SMILES string of the molecule is CC(=O)NCCOc1ccc(C(=O)N2CCOC(C(F)(F)F)C2)cc1. The van der Waals surface area contributed by atoms with E-state index in [1.54, 1.807) is 12.1 Å². The molecular formula is C16H19F3N2O4. The molecule has 2 amide bonds. The van der Waals surface area contributed by atoms with Crippen molar-refractivity contribution in [3.8, 4) is 5.75 Å². The fraction of sp³-hybridized carbons (Fsp3) is 0.500. The van der Waals surface area contributed by atoms with E-state index >= 15 is 0 Å². The molecule has 1 atom stereocenters. The van der Waals surface area contributed by atoms with Crippen molar-refractivity contribution in [1.82, 2.24) is 10.2 Å². The van der Waals surface area contributed by atoms with Crippen LogP contribution in [-0.4, -0.2) is 61.8 Å². The highest BCUT2D eigenvalue weighted by molar-refractivity contribution is 5.94. The average Bonchev–Trinajstić information content (AvgIpc) is 2.58. The summed E-state index contributed by atoms with van der Waals surface area (Å²) in [5.41, 5.74) is 0.275. The molecule has 9 heteroatoms. The Morgan fingerprint density at radius 1 is 1.32 bits per heavy atom. The average molecular weight is 360 g/mol. The van der Waals surface area contributed by atoms with Gasteiger partial charge in [0.15, 0.2) is 6.10 Å². The molecule has 1 unspecified atom stereocenters. The summed E-state index contributed by atoms with van der Waals surface area (Å²) in [6.07, 6.45) is -6.45. The fourth-order valence-electron chi connectivity index (χ4n) is 2.30. The quantitative estimate of drug-likeness (QED) is 0.810. The number of hydrogen-bond acceptors (Lipinski definition) is 4. The number of amides is 2. The zero-order valence-electron chi connectivity index (χ0n) is 13.6. The van der Waals surface area contributed by atoms with Crippen molar-refractivity contribution in [2.45, 2.75) is 19.2 Å². The van der Waals surface area contributed by atoms with Crippen molar-refractivity contribution in [1.29, 1.82) is 0 Å². The molecule has 1 saturated heterocycles. The summed E-state index contributed by atoms with van der Waals surface area (Å²) in [4.78, 5) is 24.2. The number of nitrogens with one attached hydrogen (secondary N) is 1. The predicted molar refractivity (Wildman–Crippen MR) is 82.3 cm³/mol. The number of ether oxygens (including phenoxy) is 2. The van der Waals surface area contributed by atoms with E-state index in [0.717, 1.165) is 4.90 Å². The van der Waals surface area contributed by atoms with Crippen LogP contribution in [-0.2, 0) is 9.53 Å². The number of morpholine rings is 1. The van der Waals surface area contributed by atoms with Gasteiger partial charge in [-0.3, -0.25) is 9.59 Å². The van der Waals surface area contributed by atoms with E-state index in [1.165, 1.54) is 19.1 Å². The van der Waals surface area contributed by atoms with Crippen molar-refractivity contribution in [3.63, 3.8) is 0 Å². The Kier molecular flexibility index (Phi) is 6.24. The second-order valence-electron chi connectivity index (χ2n) is 5.51. The Hall–Kier alpha value is -2.29. The summed E-state index contributed by atoms with van der Waals surface area (Å²) in [7, 11) is 0. The van der Waals surface area contributed by atoms with E-state index in [9.17, 15) is 22.8 Å². The minimum Gasteiger partial charge on any atom is -0.492 e. The summed E-state index contributed by atoms with van der Waals surface area (Å²) in [6.45, 7) is 1.46. The molecule has 138 valence electrons. The van der Waals surface area contributed by atoms with Crippen LogP contribution in [0.25, 0.3) is 0 Å². The summed E-state index contributed by atoms with van der Waals surface area (Å²) >= 11 is 0. The minimum atomic E-state index is -4.50. The van der Waals surface area contributed by atoms with Gasteiger partial charge in [-0.15, -0.1) is 0 Å². The molecule has 0 aliphatic carbocycles. The van der Waals surface area contributed by atoms with E-state index in [2.05, 4.69) is 10.1 Å². The van der Waals surface area contributed by atoms with Crippen LogP contribution in [0.15, 0.2) is 24.3 Å². The molecule has 1 aliphatic heterocycles. The van der Waals surface area contributed by atoms with Crippen LogP contribution in [0.4, 0.5) is 13.2 Å². The number of benzene rings is 1. The number of hydrogen-bond donors (Lipinski definition) is 1. The number of carbonyl (C=O) groups is 2. The molecular weight excluding hydrogens is 341 g/mol. The molecule has 0 aromatic heterocycles. The van der Waals surface area contributed by atoms with Crippen LogP contribution in [0.2, 0.25) is 0 Å². The van der Waals surface area contributed by atoms with Crippen molar-refractivity contribution < 1.29 is 32.2 Å². The molecule has 0 spiro atoms. The molecule has 0 bridgehead atoms. The van der Waals surface area contributed by atoms with Gasteiger partial charge in [0.1, 0.15) is 12.4 Å². The standard InChI is InChI=1S/C16H19F3N2O4/c1-11(22)20-6-8-24-13-4-2-12(3-5-13)15(23)21-7-9-25-14(10-21)16(17,18)19/h2-5,14H,6-10H2,1H3,(H,20,22). The normalized spacial score (nSPS) is 17.9. The van der Waals surface area contributed by atoms with Gasteiger partial charge in [0.05, 0.1) is 19.7 Å². The van der Waals surface area contributed by atoms with Gasteiger partial charge < -0.3 is 19.7 Å². The van der Waals surface area contributed by atoms with Crippen molar-refractivity contribution in [3.05, 3.63) is 29.8 Å². The monoisotopic (exact) mass is 360 g/mol. The molecule has 1 N–H and O–H groups in total. The third kappa shape index (κ3) is 5.63. The smallest absolute Gasteiger partial charge is 0.416 e. The molecule has 1 aromatic rings. The molecule has 2 rings (SSSR count). The molecule has 1 heterocycles. The summed E-state index contributed by atoms with van der Waals surface area (Å²) in [5, 5.41) is 2.58. The first kappa shape index (κ1) is 19.0. The molecule has 6 nitrogen and oxygen atoms in total. The molecule has 1 fully saturated rings. The minimum absolute atomic E-state index is 0.111. The Balaban J connectivity index is 1.90. The highest BCUT2D eigenvalue weighted by Gasteiger charge is 2.44. The zero-order valence-corrected chi connectivity index (χ0v) is 13.6. The van der Waals surface area contributed by atoms with Gasteiger partial charge in [0, 0.05) is 19.0 Å². The van der Waals surface area contributed by atoms with Crippen LogP contribution < -0.4 is 10.1 Å². The third-order valence-corrected chi connectivity index (χ3v) is 3.56. The van der Waals surface area contributed by atoms with Gasteiger partial charge in [-0.05, 0) is 24.3 Å². The number of halogens is 3. The largest absolute Gasteiger partial charge is 0.492 e. The summed E-state index contributed by atoms with van der Waals surface area (Å²) in [5.74, 6) is -0.147. The maximum Gasteiger partial charge on any atom is 0.416 e. The number of alkyl halides is 3. The topological polar surface area (TPSA) is 67.9 Å². The Labute approximate surface area is 142 Å². The van der Waals surface area contributed by atoms with Crippen LogP contribution >= 0.6 is 0 Å². The van der Waals surface area contributed by atoms with Gasteiger partial charge in [-0.2, -0.15) is 13.2 Å². The lowest BCUT2D eigenvalue weighted by Crippen LogP contribution is -2.51. The second-order valence-corrected chi connectivity index (χ2v) is 5.51. The Morgan fingerprint density at radius 3 is 2.60 bits per heavy atom. The Morgan fingerprint density at radius 2 is 2.00 bits per heavy atom.